The summed E-state index contributed by atoms with van der Waals surface area (Å²) in [7, 11) is 0. The van der Waals surface area contributed by atoms with E-state index < -0.39 is 0 Å². The lowest BCUT2D eigenvalue weighted by atomic mass is 9.97. The molecule has 1 aromatic heterocycles. The minimum atomic E-state index is -0.126. The summed E-state index contributed by atoms with van der Waals surface area (Å²) in [5, 5.41) is 3.64. The van der Waals surface area contributed by atoms with Crippen molar-refractivity contribution in [1.29, 1.82) is 0 Å². The number of nitrogens with zero attached hydrogens (tertiary/aromatic N) is 5. The van der Waals surface area contributed by atoms with Crippen molar-refractivity contribution in [3.63, 3.8) is 0 Å². The van der Waals surface area contributed by atoms with Crippen molar-refractivity contribution in [2.45, 2.75) is 70.5 Å². The number of piperazine rings is 1. The van der Waals surface area contributed by atoms with E-state index in [9.17, 15) is 9.59 Å². The summed E-state index contributed by atoms with van der Waals surface area (Å²) in [6.07, 6.45) is 7.94. The molecule has 0 radical (unpaired) electrons. The van der Waals surface area contributed by atoms with E-state index in [1.165, 1.54) is 0 Å². The third kappa shape index (κ3) is 6.07. The van der Waals surface area contributed by atoms with Crippen LogP contribution in [0.5, 0.6) is 0 Å². The van der Waals surface area contributed by atoms with E-state index in [0.29, 0.717) is 34.4 Å². The van der Waals surface area contributed by atoms with E-state index in [1.54, 1.807) is 18.3 Å². The molecule has 3 aliphatic rings. The van der Waals surface area contributed by atoms with Crippen molar-refractivity contribution in [2.24, 2.45) is 0 Å². The van der Waals surface area contributed by atoms with Crippen LogP contribution in [0.1, 0.15) is 72.0 Å². The fourth-order valence-corrected chi connectivity index (χ4v) is 5.82. The Morgan fingerprint density at radius 3 is 2.43 bits per heavy atom. The summed E-state index contributed by atoms with van der Waals surface area (Å²) in [5.41, 5.74) is 1.91. The van der Waals surface area contributed by atoms with Gasteiger partial charge in [0.05, 0.1) is 11.9 Å². The molecule has 1 aromatic carbocycles. The summed E-state index contributed by atoms with van der Waals surface area (Å²) in [4.78, 5) is 41.6. The van der Waals surface area contributed by atoms with Crippen molar-refractivity contribution in [3.8, 4) is 0 Å². The average Bonchev–Trinajstić information content (AvgIpc) is 3.73. The number of piperidine rings is 1. The largest absolute Gasteiger partial charge is 0.352 e. The maximum absolute atomic E-state index is 12.9. The zero-order valence-electron chi connectivity index (χ0n) is 21.8. The molecule has 0 bridgehead atoms. The van der Waals surface area contributed by atoms with E-state index in [1.807, 2.05) is 24.0 Å². The Balaban J connectivity index is 1.20. The quantitative estimate of drug-likeness (QED) is 0.591. The minimum Gasteiger partial charge on any atom is -0.352 e. The van der Waals surface area contributed by atoms with Gasteiger partial charge in [-0.15, -0.1) is 0 Å². The second kappa shape index (κ2) is 11.4. The van der Waals surface area contributed by atoms with Gasteiger partial charge in [-0.25, -0.2) is 9.97 Å². The third-order valence-electron chi connectivity index (χ3n) is 7.83. The summed E-state index contributed by atoms with van der Waals surface area (Å²) < 4.78 is 0. The zero-order valence-corrected chi connectivity index (χ0v) is 22.6. The van der Waals surface area contributed by atoms with Crippen LogP contribution in [0.25, 0.3) is 0 Å². The molecule has 2 aliphatic heterocycles. The van der Waals surface area contributed by atoms with Crippen LogP contribution in [0.3, 0.4) is 0 Å². The Labute approximate surface area is 224 Å². The molecule has 2 amide bonds. The fraction of sp³-hybridized carbons (Fsp3) is 0.571. The third-order valence-corrected chi connectivity index (χ3v) is 8.08. The number of rotatable bonds is 7. The molecule has 9 heteroatoms. The van der Waals surface area contributed by atoms with Gasteiger partial charge in [-0.05, 0) is 63.3 Å². The number of aromatic nitrogens is 2. The second-order valence-corrected chi connectivity index (χ2v) is 11.0. The predicted octanol–water partition coefficient (Wildman–Crippen LogP) is 3.93. The lowest BCUT2D eigenvalue weighted by Gasteiger charge is -2.48. The smallest absolute Gasteiger partial charge is 0.271 e. The summed E-state index contributed by atoms with van der Waals surface area (Å²) in [6.45, 7) is 8.49. The fourth-order valence-electron chi connectivity index (χ4n) is 5.69. The first kappa shape index (κ1) is 25.9. The van der Waals surface area contributed by atoms with Gasteiger partial charge in [-0.3, -0.25) is 14.5 Å². The summed E-state index contributed by atoms with van der Waals surface area (Å²) in [6, 6.07) is 8.39. The standard InChI is InChI=1S/C28H37ClN6O2/c1-3-4-24-18-34(26-19(2)31-25(17-30-26)27(36)32-22-9-10-22)15-16-35(24)23-11-13-33(14-12-23)28(37)20-5-7-21(29)8-6-20/h5-8,17,22-24H,3-4,9-16,18H2,1-2H3,(H,32,36)/t24-/m0/s1. The number of nitrogens with one attached hydrogen (secondary N) is 1. The van der Waals surface area contributed by atoms with Crippen molar-refractivity contribution >= 4 is 29.2 Å². The van der Waals surface area contributed by atoms with Crippen LogP contribution in [-0.4, -0.2) is 82.4 Å². The second-order valence-electron chi connectivity index (χ2n) is 10.6. The van der Waals surface area contributed by atoms with Crippen LogP contribution in [0, 0.1) is 6.92 Å². The van der Waals surface area contributed by atoms with Crippen molar-refractivity contribution in [3.05, 3.63) is 52.4 Å². The molecule has 5 rings (SSSR count). The van der Waals surface area contributed by atoms with E-state index in [2.05, 4.69) is 32.0 Å². The topological polar surface area (TPSA) is 81.7 Å². The minimum absolute atomic E-state index is 0.0911. The maximum Gasteiger partial charge on any atom is 0.271 e. The summed E-state index contributed by atoms with van der Waals surface area (Å²) in [5.74, 6) is 0.847. The molecule has 3 heterocycles. The number of hydrogen-bond donors (Lipinski definition) is 1. The van der Waals surface area contributed by atoms with Gasteiger partial charge < -0.3 is 15.1 Å². The number of halogens is 1. The average molecular weight is 525 g/mol. The van der Waals surface area contributed by atoms with E-state index in [4.69, 9.17) is 11.6 Å². The number of benzene rings is 1. The molecule has 1 N–H and O–H groups in total. The highest BCUT2D eigenvalue weighted by Crippen LogP contribution is 2.28. The SMILES string of the molecule is CCC[C@H]1CN(c2ncc(C(=O)NC3CC3)nc2C)CCN1C1CCN(C(=O)c2ccc(Cl)cc2)CC1. The van der Waals surface area contributed by atoms with Crippen LogP contribution in [0.15, 0.2) is 30.5 Å². The van der Waals surface area contributed by atoms with Gasteiger partial charge in [-0.2, -0.15) is 0 Å². The highest BCUT2D eigenvalue weighted by molar-refractivity contribution is 6.30. The molecule has 2 aromatic rings. The van der Waals surface area contributed by atoms with Crippen LogP contribution < -0.4 is 10.2 Å². The normalized spacial score (nSPS) is 21.2. The van der Waals surface area contributed by atoms with Crippen LogP contribution >= 0.6 is 11.6 Å². The Morgan fingerprint density at radius 1 is 1.05 bits per heavy atom. The number of likely N-dealkylation sites (tertiary alicyclic amines) is 1. The van der Waals surface area contributed by atoms with Gasteiger partial charge in [0.15, 0.2) is 0 Å². The molecule has 198 valence electrons. The van der Waals surface area contributed by atoms with E-state index in [0.717, 1.165) is 82.8 Å². The van der Waals surface area contributed by atoms with Crippen molar-refractivity contribution in [2.75, 3.05) is 37.6 Å². The van der Waals surface area contributed by atoms with Crippen LogP contribution in [0.4, 0.5) is 5.82 Å². The number of anilines is 1. The Morgan fingerprint density at radius 2 is 1.78 bits per heavy atom. The molecule has 1 saturated carbocycles. The number of hydrogen-bond acceptors (Lipinski definition) is 6. The van der Waals surface area contributed by atoms with Gasteiger partial charge in [0.1, 0.15) is 11.5 Å². The lowest BCUT2D eigenvalue weighted by molar-refractivity contribution is 0.0480. The van der Waals surface area contributed by atoms with Gasteiger partial charge >= 0.3 is 0 Å². The molecule has 37 heavy (non-hydrogen) atoms. The van der Waals surface area contributed by atoms with Gasteiger partial charge in [-0.1, -0.05) is 24.9 Å². The highest BCUT2D eigenvalue weighted by Gasteiger charge is 2.35. The lowest BCUT2D eigenvalue weighted by Crippen LogP contribution is -2.59. The molecule has 2 saturated heterocycles. The zero-order chi connectivity index (χ0) is 25.9. The van der Waals surface area contributed by atoms with Crippen LogP contribution in [-0.2, 0) is 0 Å². The van der Waals surface area contributed by atoms with E-state index in [-0.39, 0.29) is 11.8 Å². The first-order valence-electron chi connectivity index (χ1n) is 13.6. The molecule has 0 spiro atoms. The molecule has 0 unspecified atom stereocenters. The molecule has 3 fully saturated rings. The molecular formula is C28H37ClN6O2. The molecular weight excluding hydrogens is 488 g/mol. The number of carbonyl (C=O) groups is 2. The predicted molar refractivity (Wildman–Crippen MR) is 145 cm³/mol. The monoisotopic (exact) mass is 524 g/mol. The molecule has 8 nitrogen and oxygen atoms in total. The van der Waals surface area contributed by atoms with Crippen molar-refractivity contribution in [1.82, 2.24) is 25.1 Å². The summed E-state index contributed by atoms with van der Waals surface area (Å²) >= 11 is 5.99. The maximum atomic E-state index is 12.9. The Bertz CT molecular complexity index is 1110. The number of amides is 2. The van der Waals surface area contributed by atoms with Gasteiger partial charge in [0.25, 0.3) is 11.8 Å². The van der Waals surface area contributed by atoms with E-state index >= 15 is 0 Å². The Hall–Kier alpha value is -2.71. The highest BCUT2D eigenvalue weighted by atomic mass is 35.5. The first-order valence-corrected chi connectivity index (χ1v) is 14.0. The number of aryl methyl sites for hydroxylation is 1. The Kier molecular flexibility index (Phi) is 7.95. The van der Waals surface area contributed by atoms with Gasteiger partial charge in [0, 0.05) is 61.4 Å². The van der Waals surface area contributed by atoms with Crippen LogP contribution in [0.2, 0.25) is 5.02 Å². The first-order chi connectivity index (χ1) is 17.9. The molecule has 1 atom stereocenters. The molecule has 1 aliphatic carbocycles. The van der Waals surface area contributed by atoms with Crippen molar-refractivity contribution < 1.29 is 9.59 Å². The number of carbonyl (C=O) groups excluding carboxylic acids is 2. The van der Waals surface area contributed by atoms with Gasteiger partial charge in [0.2, 0.25) is 0 Å².